The van der Waals surface area contributed by atoms with E-state index in [0.717, 1.165) is 32.5 Å². The summed E-state index contributed by atoms with van der Waals surface area (Å²) in [5, 5.41) is 0. The van der Waals surface area contributed by atoms with Gasteiger partial charge in [-0.1, -0.05) is 27.7 Å². The van der Waals surface area contributed by atoms with Crippen molar-refractivity contribution < 1.29 is 0 Å². The molecule has 2 atom stereocenters. The van der Waals surface area contributed by atoms with Crippen LogP contribution in [0.1, 0.15) is 47.5 Å². The van der Waals surface area contributed by atoms with Crippen LogP contribution in [-0.2, 0) is 0 Å². The summed E-state index contributed by atoms with van der Waals surface area (Å²) < 4.78 is 0. The first kappa shape index (κ1) is 17.9. The van der Waals surface area contributed by atoms with E-state index in [1.54, 1.807) is 0 Å². The van der Waals surface area contributed by atoms with Gasteiger partial charge >= 0.3 is 0 Å². The topological polar surface area (TPSA) is 32.5 Å². The SMILES string of the molecule is CCN(CCC(N)CC(C)(C)C)C(C)CN(C)C. The van der Waals surface area contributed by atoms with Crippen molar-refractivity contribution in [1.29, 1.82) is 0 Å². The Morgan fingerprint density at radius 3 is 2.11 bits per heavy atom. The van der Waals surface area contributed by atoms with E-state index in [4.69, 9.17) is 5.73 Å². The molecule has 0 saturated carbocycles. The molecule has 0 aliphatic carbocycles. The van der Waals surface area contributed by atoms with Gasteiger partial charge in [0, 0.05) is 18.6 Å². The molecule has 0 aromatic rings. The van der Waals surface area contributed by atoms with Crippen LogP contribution in [0.25, 0.3) is 0 Å². The first-order valence-corrected chi connectivity index (χ1v) is 7.30. The second-order valence-corrected chi connectivity index (χ2v) is 7.05. The highest BCUT2D eigenvalue weighted by Crippen LogP contribution is 2.21. The van der Waals surface area contributed by atoms with E-state index in [0.29, 0.717) is 17.5 Å². The molecule has 0 radical (unpaired) electrons. The molecule has 0 aromatic carbocycles. The van der Waals surface area contributed by atoms with E-state index in [1.807, 2.05) is 0 Å². The molecular weight excluding hydrogens is 222 g/mol. The smallest absolute Gasteiger partial charge is 0.0194 e. The van der Waals surface area contributed by atoms with Crippen LogP contribution in [0.3, 0.4) is 0 Å². The lowest BCUT2D eigenvalue weighted by atomic mass is 9.87. The highest BCUT2D eigenvalue weighted by molar-refractivity contribution is 4.75. The molecule has 0 rings (SSSR count). The molecular formula is C15H35N3. The number of nitrogens with zero attached hydrogens (tertiary/aromatic N) is 2. The Kier molecular flexibility index (Phi) is 8.08. The van der Waals surface area contributed by atoms with Gasteiger partial charge in [0.2, 0.25) is 0 Å². The van der Waals surface area contributed by atoms with Gasteiger partial charge in [-0.05, 0) is 52.4 Å². The van der Waals surface area contributed by atoms with Crippen LogP contribution in [0.4, 0.5) is 0 Å². The van der Waals surface area contributed by atoms with Crippen LogP contribution in [-0.4, -0.2) is 55.6 Å². The third-order valence-electron chi connectivity index (χ3n) is 3.32. The summed E-state index contributed by atoms with van der Waals surface area (Å²) in [6.45, 7) is 14.7. The molecule has 0 amide bonds. The molecule has 3 nitrogen and oxygen atoms in total. The molecule has 3 heteroatoms. The molecule has 0 aromatic heterocycles. The number of nitrogens with two attached hydrogens (primary N) is 1. The summed E-state index contributed by atoms with van der Waals surface area (Å²) in [6.07, 6.45) is 2.20. The molecule has 0 aliphatic heterocycles. The minimum atomic E-state index is 0.325. The molecule has 0 saturated heterocycles. The van der Waals surface area contributed by atoms with Crippen LogP contribution in [0.2, 0.25) is 0 Å². The van der Waals surface area contributed by atoms with Gasteiger partial charge in [0.25, 0.3) is 0 Å². The Morgan fingerprint density at radius 1 is 1.17 bits per heavy atom. The normalized spacial score (nSPS) is 16.3. The summed E-state index contributed by atoms with van der Waals surface area (Å²) in [6, 6.07) is 0.928. The van der Waals surface area contributed by atoms with Crippen molar-refractivity contribution in [2.24, 2.45) is 11.1 Å². The molecule has 0 spiro atoms. The van der Waals surface area contributed by atoms with Crippen molar-refractivity contribution in [2.75, 3.05) is 33.7 Å². The average molecular weight is 257 g/mol. The lowest BCUT2D eigenvalue weighted by Gasteiger charge is -2.31. The monoisotopic (exact) mass is 257 g/mol. The van der Waals surface area contributed by atoms with Crippen LogP contribution >= 0.6 is 0 Å². The fourth-order valence-corrected chi connectivity index (χ4v) is 2.55. The van der Waals surface area contributed by atoms with E-state index in [-0.39, 0.29) is 0 Å². The second-order valence-electron chi connectivity index (χ2n) is 7.05. The molecule has 0 bridgehead atoms. The molecule has 0 fully saturated rings. The maximum absolute atomic E-state index is 6.23. The van der Waals surface area contributed by atoms with Crippen molar-refractivity contribution in [3.05, 3.63) is 0 Å². The van der Waals surface area contributed by atoms with Gasteiger partial charge in [-0.2, -0.15) is 0 Å². The molecule has 0 aliphatic rings. The second kappa shape index (κ2) is 8.13. The number of hydrogen-bond acceptors (Lipinski definition) is 3. The maximum Gasteiger partial charge on any atom is 0.0194 e. The van der Waals surface area contributed by atoms with Gasteiger partial charge in [0.1, 0.15) is 0 Å². The van der Waals surface area contributed by atoms with Gasteiger partial charge in [0.05, 0.1) is 0 Å². The van der Waals surface area contributed by atoms with Crippen LogP contribution in [0, 0.1) is 5.41 Å². The first-order chi connectivity index (χ1) is 8.15. The van der Waals surface area contributed by atoms with Crippen molar-refractivity contribution in [1.82, 2.24) is 9.80 Å². The Balaban J connectivity index is 4.06. The van der Waals surface area contributed by atoms with E-state index >= 15 is 0 Å². The van der Waals surface area contributed by atoms with Crippen molar-refractivity contribution >= 4 is 0 Å². The highest BCUT2D eigenvalue weighted by atomic mass is 15.2. The summed E-state index contributed by atoms with van der Waals surface area (Å²) in [4.78, 5) is 4.78. The van der Waals surface area contributed by atoms with E-state index < -0.39 is 0 Å². The Labute approximate surface area is 115 Å². The predicted molar refractivity (Wildman–Crippen MR) is 81.9 cm³/mol. The summed E-state index contributed by atoms with van der Waals surface area (Å²) in [5.74, 6) is 0. The summed E-state index contributed by atoms with van der Waals surface area (Å²) >= 11 is 0. The molecule has 0 heterocycles. The van der Waals surface area contributed by atoms with Crippen molar-refractivity contribution in [3.63, 3.8) is 0 Å². The summed E-state index contributed by atoms with van der Waals surface area (Å²) in [7, 11) is 4.27. The maximum atomic E-state index is 6.23. The van der Waals surface area contributed by atoms with E-state index in [9.17, 15) is 0 Å². The zero-order valence-corrected chi connectivity index (χ0v) is 13.7. The largest absolute Gasteiger partial charge is 0.328 e. The van der Waals surface area contributed by atoms with Crippen LogP contribution in [0.15, 0.2) is 0 Å². The Hall–Kier alpha value is -0.120. The van der Waals surface area contributed by atoms with Gasteiger partial charge in [-0.15, -0.1) is 0 Å². The number of likely N-dealkylation sites (N-methyl/N-ethyl adjacent to an activating group) is 2. The zero-order chi connectivity index (χ0) is 14.3. The molecule has 2 unspecified atom stereocenters. The fourth-order valence-electron chi connectivity index (χ4n) is 2.55. The number of hydrogen-bond donors (Lipinski definition) is 1. The molecule has 18 heavy (non-hydrogen) atoms. The van der Waals surface area contributed by atoms with Crippen LogP contribution in [0.5, 0.6) is 0 Å². The minimum absolute atomic E-state index is 0.325. The lowest BCUT2D eigenvalue weighted by Crippen LogP contribution is -2.42. The predicted octanol–water partition coefficient (Wildman–Crippen LogP) is 2.41. The molecule has 110 valence electrons. The standard InChI is InChI=1S/C15H35N3/c1-8-18(13(2)12-17(6)7)10-9-14(16)11-15(3,4)5/h13-14H,8-12,16H2,1-7H3. The molecule has 2 N–H and O–H groups in total. The van der Waals surface area contributed by atoms with Crippen molar-refractivity contribution in [3.8, 4) is 0 Å². The quantitative estimate of drug-likeness (QED) is 0.725. The van der Waals surface area contributed by atoms with Crippen molar-refractivity contribution in [2.45, 2.75) is 59.5 Å². The first-order valence-electron chi connectivity index (χ1n) is 7.30. The summed E-state index contributed by atoms with van der Waals surface area (Å²) in [5.41, 5.74) is 6.57. The Bertz CT molecular complexity index is 208. The van der Waals surface area contributed by atoms with Gasteiger partial charge < -0.3 is 10.6 Å². The van der Waals surface area contributed by atoms with E-state index in [2.05, 4.69) is 58.5 Å². The minimum Gasteiger partial charge on any atom is -0.328 e. The van der Waals surface area contributed by atoms with Gasteiger partial charge in [-0.3, -0.25) is 4.90 Å². The lowest BCUT2D eigenvalue weighted by molar-refractivity contribution is 0.172. The van der Waals surface area contributed by atoms with Gasteiger partial charge in [-0.25, -0.2) is 0 Å². The zero-order valence-electron chi connectivity index (χ0n) is 13.7. The fraction of sp³-hybridized carbons (Fsp3) is 1.00. The highest BCUT2D eigenvalue weighted by Gasteiger charge is 2.18. The third-order valence-corrected chi connectivity index (χ3v) is 3.32. The van der Waals surface area contributed by atoms with E-state index in [1.165, 1.54) is 0 Å². The van der Waals surface area contributed by atoms with Gasteiger partial charge in [0.15, 0.2) is 0 Å². The van der Waals surface area contributed by atoms with Crippen LogP contribution < -0.4 is 5.73 Å². The average Bonchev–Trinajstić information content (AvgIpc) is 2.14. The third kappa shape index (κ3) is 8.90. The Morgan fingerprint density at radius 2 is 1.72 bits per heavy atom. The number of rotatable bonds is 8.